The summed E-state index contributed by atoms with van der Waals surface area (Å²) in [4.78, 5) is 23.1. The third kappa shape index (κ3) is 1.52. The van der Waals surface area contributed by atoms with Crippen LogP contribution in [0.5, 0.6) is 0 Å². The Hall–Kier alpha value is -2.42. The molecule has 1 aromatic heterocycles. The smallest absolute Gasteiger partial charge is 0.336 e. The number of carbonyl (C=O) groups is 1. The van der Waals surface area contributed by atoms with Gasteiger partial charge in [-0.1, -0.05) is 30.3 Å². The third-order valence-corrected chi connectivity index (χ3v) is 3.01. The molecule has 0 spiro atoms. The Morgan fingerprint density at radius 2 is 1.83 bits per heavy atom. The molecule has 18 heavy (non-hydrogen) atoms. The highest BCUT2D eigenvalue weighted by atomic mass is 16.4. The summed E-state index contributed by atoms with van der Waals surface area (Å²) in [5, 5.41) is 2.50. The number of ketones is 1. The van der Waals surface area contributed by atoms with E-state index in [0.29, 0.717) is 16.5 Å². The van der Waals surface area contributed by atoms with Crippen LogP contribution < -0.4 is 5.63 Å². The number of hydrogen-bond acceptors (Lipinski definition) is 3. The molecule has 0 unspecified atom stereocenters. The lowest BCUT2D eigenvalue weighted by Gasteiger charge is -2.05. The lowest BCUT2D eigenvalue weighted by molar-refractivity contribution is 0.101. The van der Waals surface area contributed by atoms with Gasteiger partial charge in [0.05, 0.1) is 0 Å². The molecule has 88 valence electrons. The van der Waals surface area contributed by atoms with E-state index < -0.39 is 5.63 Å². The third-order valence-electron chi connectivity index (χ3n) is 3.01. The molecular formula is C15H10O3. The monoisotopic (exact) mass is 238 g/mol. The molecule has 3 rings (SSSR count). The Bertz CT molecular complexity index is 828. The van der Waals surface area contributed by atoms with Crippen LogP contribution in [0.1, 0.15) is 17.3 Å². The normalized spacial score (nSPS) is 10.9. The molecule has 0 amide bonds. The van der Waals surface area contributed by atoms with Crippen LogP contribution in [0, 0.1) is 0 Å². The maximum absolute atomic E-state index is 11.6. The van der Waals surface area contributed by atoms with E-state index in [1.54, 1.807) is 0 Å². The molecule has 0 atom stereocenters. The van der Waals surface area contributed by atoms with Gasteiger partial charge in [0.15, 0.2) is 5.78 Å². The molecule has 3 nitrogen and oxygen atoms in total. The molecule has 0 aliphatic carbocycles. The largest absolute Gasteiger partial charge is 0.422 e. The van der Waals surface area contributed by atoms with Crippen LogP contribution in [-0.2, 0) is 0 Å². The highest BCUT2D eigenvalue weighted by molar-refractivity contribution is 6.12. The van der Waals surface area contributed by atoms with Crippen molar-refractivity contribution in [3.8, 4) is 0 Å². The molecule has 0 saturated carbocycles. The minimum atomic E-state index is -0.496. The van der Waals surface area contributed by atoms with Crippen molar-refractivity contribution in [2.45, 2.75) is 6.92 Å². The SMILES string of the molecule is CC(=O)c1cc(=O)oc2c1ccc1ccccc12. The first-order chi connectivity index (χ1) is 8.66. The van der Waals surface area contributed by atoms with Gasteiger partial charge in [0.25, 0.3) is 0 Å². The average molecular weight is 238 g/mol. The number of fused-ring (bicyclic) bond motifs is 3. The zero-order valence-corrected chi connectivity index (χ0v) is 9.77. The van der Waals surface area contributed by atoms with Gasteiger partial charge in [-0.05, 0) is 18.4 Å². The summed E-state index contributed by atoms with van der Waals surface area (Å²) >= 11 is 0. The predicted octanol–water partition coefficient (Wildman–Crippen LogP) is 3.15. The summed E-state index contributed by atoms with van der Waals surface area (Å²) in [5.41, 5.74) is 0.391. The Labute approximate surface area is 103 Å². The van der Waals surface area contributed by atoms with Crippen molar-refractivity contribution in [1.82, 2.24) is 0 Å². The van der Waals surface area contributed by atoms with Crippen molar-refractivity contribution in [3.63, 3.8) is 0 Å². The number of carbonyl (C=O) groups excluding carboxylic acids is 1. The zero-order chi connectivity index (χ0) is 12.7. The summed E-state index contributed by atoms with van der Waals surface area (Å²) in [5.74, 6) is -0.136. The van der Waals surface area contributed by atoms with E-state index in [1.807, 2.05) is 36.4 Å². The van der Waals surface area contributed by atoms with Gasteiger partial charge in [-0.3, -0.25) is 4.79 Å². The molecule has 0 fully saturated rings. The Morgan fingerprint density at radius 1 is 1.06 bits per heavy atom. The molecule has 3 heteroatoms. The number of Topliss-reactive ketones (excluding diaryl/α,β-unsaturated/α-hetero) is 1. The van der Waals surface area contributed by atoms with E-state index in [4.69, 9.17) is 4.42 Å². The van der Waals surface area contributed by atoms with Crippen LogP contribution in [0.2, 0.25) is 0 Å². The van der Waals surface area contributed by atoms with Crippen LogP contribution >= 0.6 is 0 Å². The second-order valence-electron chi connectivity index (χ2n) is 4.20. The summed E-state index contributed by atoms with van der Waals surface area (Å²) in [7, 11) is 0. The lowest BCUT2D eigenvalue weighted by Crippen LogP contribution is -2.04. The first-order valence-electron chi connectivity index (χ1n) is 5.63. The van der Waals surface area contributed by atoms with Crippen molar-refractivity contribution >= 4 is 27.5 Å². The minimum absolute atomic E-state index is 0.136. The van der Waals surface area contributed by atoms with Crippen LogP contribution in [0.25, 0.3) is 21.7 Å². The lowest BCUT2D eigenvalue weighted by atomic mass is 10.0. The van der Waals surface area contributed by atoms with Crippen LogP contribution in [0.4, 0.5) is 0 Å². The van der Waals surface area contributed by atoms with Crippen molar-refractivity contribution in [3.05, 3.63) is 58.4 Å². The molecule has 2 aromatic carbocycles. The molecule has 0 aliphatic rings. The molecule has 3 aromatic rings. The Balaban J connectivity index is 2.59. The highest BCUT2D eigenvalue weighted by Gasteiger charge is 2.11. The van der Waals surface area contributed by atoms with Crippen LogP contribution in [0.15, 0.2) is 51.7 Å². The number of benzene rings is 2. The van der Waals surface area contributed by atoms with Gasteiger partial charge in [0.2, 0.25) is 0 Å². The highest BCUT2D eigenvalue weighted by Crippen LogP contribution is 2.26. The minimum Gasteiger partial charge on any atom is -0.422 e. The zero-order valence-electron chi connectivity index (χ0n) is 9.77. The van der Waals surface area contributed by atoms with E-state index >= 15 is 0 Å². The van der Waals surface area contributed by atoms with Crippen LogP contribution in [-0.4, -0.2) is 5.78 Å². The summed E-state index contributed by atoms with van der Waals surface area (Å²) in [6, 6.07) is 12.6. The van der Waals surface area contributed by atoms with Gasteiger partial charge >= 0.3 is 5.63 Å². The molecule has 0 aliphatic heterocycles. The molecule has 1 heterocycles. The molecule has 0 radical (unpaired) electrons. The Kier molecular flexibility index (Phi) is 2.27. The summed E-state index contributed by atoms with van der Waals surface area (Å²) in [6.07, 6.45) is 0. The maximum atomic E-state index is 11.6. The first-order valence-corrected chi connectivity index (χ1v) is 5.63. The quantitative estimate of drug-likeness (QED) is 0.371. The maximum Gasteiger partial charge on any atom is 0.336 e. The van der Waals surface area contributed by atoms with Crippen molar-refractivity contribution < 1.29 is 9.21 Å². The van der Waals surface area contributed by atoms with E-state index in [2.05, 4.69) is 0 Å². The summed E-state index contributed by atoms with van der Waals surface area (Å²) in [6.45, 7) is 1.45. The van der Waals surface area contributed by atoms with E-state index in [0.717, 1.165) is 10.8 Å². The van der Waals surface area contributed by atoms with Gasteiger partial charge in [0.1, 0.15) is 5.58 Å². The standard InChI is InChI=1S/C15H10O3/c1-9(16)13-8-14(17)18-15-11-5-3-2-4-10(11)6-7-12(13)15/h2-8H,1H3. The second kappa shape index (κ2) is 3.81. The molecule has 0 bridgehead atoms. The van der Waals surface area contributed by atoms with E-state index in [9.17, 15) is 9.59 Å². The van der Waals surface area contributed by atoms with Gasteiger partial charge in [-0.25, -0.2) is 4.79 Å². The first kappa shape index (κ1) is 10.7. The van der Waals surface area contributed by atoms with Crippen LogP contribution in [0.3, 0.4) is 0 Å². The molecular weight excluding hydrogens is 228 g/mol. The van der Waals surface area contributed by atoms with E-state index in [-0.39, 0.29) is 5.78 Å². The van der Waals surface area contributed by atoms with Gasteiger partial charge in [-0.2, -0.15) is 0 Å². The van der Waals surface area contributed by atoms with Crippen molar-refractivity contribution in [2.24, 2.45) is 0 Å². The van der Waals surface area contributed by atoms with Gasteiger partial charge in [-0.15, -0.1) is 0 Å². The van der Waals surface area contributed by atoms with Crippen molar-refractivity contribution in [2.75, 3.05) is 0 Å². The number of hydrogen-bond donors (Lipinski definition) is 0. The topological polar surface area (TPSA) is 47.3 Å². The fraction of sp³-hybridized carbons (Fsp3) is 0.0667. The fourth-order valence-corrected chi connectivity index (χ4v) is 2.18. The van der Waals surface area contributed by atoms with E-state index in [1.165, 1.54) is 13.0 Å². The van der Waals surface area contributed by atoms with Gasteiger partial charge in [0, 0.05) is 22.4 Å². The second-order valence-corrected chi connectivity index (χ2v) is 4.20. The molecule has 0 saturated heterocycles. The van der Waals surface area contributed by atoms with Crippen molar-refractivity contribution in [1.29, 1.82) is 0 Å². The Morgan fingerprint density at radius 3 is 2.61 bits per heavy atom. The average Bonchev–Trinajstić information content (AvgIpc) is 2.37. The predicted molar refractivity (Wildman–Crippen MR) is 70.0 cm³/mol. The number of rotatable bonds is 1. The fourth-order valence-electron chi connectivity index (χ4n) is 2.18. The molecule has 0 N–H and O–H groups in total. The summed E-state index contributed by atoms with van der Waals surface area (Å²) < 4.78 is 5.26. The van der Waals surface area contributed by atoms with Gasteiger partial charge < -0.3 is 4.42 Å².